The molecule has 0 aromatic heterocycles. The largest absolute Gasteiger partial charge is 0.372 e. The van der Waals surface area contributed by atoms with Gasteiger partial charge in [-0.3, -0.25) is 0 Å². The van der Waals surface area contributed by atoms with E-state index in [1.165, 1.54) is 5.56 Å². The molecule has 0 radical (unpaired) electrons. The number of nitrogens with zero attached hydrogens (tertiary/aromatic N) is 2. The molecule has 1 heterocycles. The van der Waals surface area contributed by atoms with Crippen LogP contribution in [0.25, 0.3) is 0 Å². The normalized spacial score (nSPS) is 23.4. The SMILES string of the molecule is CN1CCO[C@H](c2ccccc2)[C@H](CNC(=O)N(C)C)C1. The fraction of sp³-hybridized carbons (Fsp3) is 0.562. The van der Waals surface area contributed by atoms with Crippen molar-refractivity contribution in [3.05, 3.63) is 35.9 Å². The number of hydrogen-bond donors (Lipinski definition) is 1. The minimum atomic E-state index is -0.0614. The number of hydrogen-bond acceptors (Lipinski definition) is 3. The molecule has 1 aliphatic rings. The van der Waals surface area contributed by atoms with E-state index in [1.807, 2.05) is 18.2 Å². The average Bonchev–Trinajstić information content (AvgIpc) is 2.66. The summed E-state index contributed by atoms with van der Waals surface area (Å²) in [5.41, 5.74) is 1.18. The highest BCUT2D eigenvalue weighted by atomic mass is 16.5. The molecule has 1 saturated heterocycles. The molecule has 1 aliphatic heterocycles. The number of ether oxygens (including phenoxy) is 1. The molecule has 21 heavy (non-hydrogen) atoms. The Morgan fingerprint density at radius 2 is 2.10 bits per heavy atom. The van der Waals surface area contributed by atoms with Crippen LogP contribution in [0.4, 0.5) is 4.79 Å². The lowest BCUT2D eigenvalue weighted by atomic mass is 9.95. The van der Waals surface area contributed by atoms with Gasteiger partial charge in [0.25, 0.3) is 0 Å². The predicted octanol–water partition coefficient (Wildman–Crippen LogP) is 1.58. The molecule has 2 atom stereocenters. The molecule has 1 N–H and O–H groups in total. The Morgan fingerprint density at radius 3 is 2.76 bits per heavy atom. The molecule has 116 valence electrons. The van der Waals surface area contributed by atoms with Crippen molar-refractivity contribution in [3.63, 3.8) is 0 Å². The lowest BCUT2D eigenvalue weighted by Gasteiger charge is -2.27. The van der Waals surface area contributed by atoms with Crippen LogP contribution < -0.4 is 5.32 Å². The fourth-order valence-corrected chi connectivity index (χ4v) is 2.62. The van der Waals surface area contributed by atoms with Crippen molar-refractivity contribution in [3.8, 4) is 0 Å². The zero-order valence-corrected chi connectivity index (χ0v) is 13.1. The van der Waals surface area contributed by atoms with Crippen molar-refractivity contribution < 1.29 is 9.53 Å². The molecular formula is C16H25N3O2. The second-order valence-electron chi connectivity index (χ2n) is 5.80. The Labute approximate surface area is 126 Å². The second-order valence-corrected chi connectivity index (χ2v) is 5.80. The number of likely N-dealkylation sites (N-methyl/N-ethyl adjacent to an activating group) is 1. The molecule has 0 unspecified atom stereocenters. The summed E-state index contributed by atoms with van der Waals surface area (Å²) >= 11 is 0. The van der Waals surface area contributed by atoms with E-state index in [2.05, 4.69) is 29.4 Å². The first-order valence-corrected chi connectivity index (χ1v) is 7.38. The van der Waals surface area contributed by atoms with Crippen molar-refractivity contribution >= 4 is 6.03 Å². The summed E-state index contributed by atoms with van der Waals surface area (Å²) in [7, 11) is 5.59. The van der Waals surface area contributed by atoms with E-state index < -0.39 is 0 Å². The summed E-state index contributed by atoms with van der Waals surface area (Å²) in [6, 6.07) is 10.2. The molecule has 5 heteroatoms. The standard InChI is InChI=1S/C16H25N3O2/c1-18(2)16(20)17-11-14-12-19(3)9-10-21-15(14)13-7-5-4-6-8-13/h4-8,14-15H,9-12H2,1-3H3,(H,17,20)/t14-,15-/m1/s1. The van der Waals surface area contributed by atoms with Crippen molar-refractivity contribution in [1.29, 1.82) is 0 Å². The maximum absolute atomic E-state index is 11.8. The van der Waals surface area contributed by atoms with Crippen LogP contribution in [0.3, 0.4) is 0 Å². The van der Waals surface area contributed by atoms with Crippen LogP contribution in [0.15, 0.2) is 30.3 Å². The molecule has 2 amide bonds. The number of carbonyl (C=O) groups is 1. The van der Waals surface area contributed by atoms with E-state index in [0.29, 0.717) is 13.2 Å². The number of amides is 2. The van der Waals surface area contributed by atoms with Crippen LogP contribution in [0, 0.1) is 5.92 Å². The summed E-state index contributed by atoms with van der Waals surface area (Å²) in [6.45, 7) is 3.16. The number of benzene rings is 1. The lowest BCUT2D eigenvalue weighted by molar-refractivity contribution is 0.0312. The summed E-state index contributed by atoms with van der Waals surface area (Å²) < 4.78 is 6.06. The molecule has 0 spiro atoms. The summed E-state index contributed by atoms with van der Waals surface area (Å²) in [5, 5.41) is 2.98. The molecule has 2 rings (SSSR count). The molecule has 0 saturated carbocycles. The first-order valence-electron chi connectivity index (χ1n) is 7.38. The van der Waals surface area contributed by atoms with Gasteiger partial charge in [-0.25, -0.2) is 4.79 Å². The van der Waals surface area contributed by atoms with Gasteiger partial charge in [-0.15, -0.1) is 0 Å². The van der Waals surface area contributed by atoms with Gasteiger partial charge >= 0.3 is 6.03 Å². The zero-order chi connectivity index (χ0) is 15.2. The molecule has 1 fully saturated rings. The van der Waals surface area contributed by atoms with Crippen LogP contribution in [-0.2, 0) is 4.74 Å². The lowest BCUT2D eigenvalue weighted by Crippen LogP contribution is -2.41. The Morgan fingerprint density at radius 1 is 1.38 bits per heavy atom. The smallest absolute Gasteiger partial charge is 0.316 e. The van der Waals surface area contributed by atoms with Gasteiger partial charge in [0.15, 0.2) is 0 Å². The summed E-state index contributed by atoms with van der Waals surface area (Å²) in [6.07, 6.45) is 0.0265. The Kier molecular flexibility index (Phi) is 5.59. The number of nitrogens with one attached hydrogen (secondary N) is 1. The number of carbonyl (C=O) groups excluding carboxylic acids is 1. The first-order chi connectivity index (χ1) is 10.1. The highest BCUT2D eigenvalue weighted by Crippen LogP contribution is 2.28. The third kappa shape index (κ3) is 4.44. The van der Waals surface area contributed by atoms with Gasteiger partial charge in [-0.2, -0.15) is 0 Å². The molecule has 0 bridgehead atoms. The molecule has 0 aliphatic carbocycles. The topological polar surface area (TPSA) is 44.8 Å². The van der Waals surface area contributed by atoms with E-state index in [1.54, 1.807) is 19.0 Å². The third-order valence-electron chi connectivity index (χ3n) is 3.79. The van der Waals surface area contributed by atoms with E-state index in [-0.39, 0.29) is 18.1 Å². The monoisotopic (exact) mass is 291 g/mol. The Hall–Kier alpha value is -1.59. The number of urea groups is 1. The first kappa shape index (κ1) is 15.8. The second kappa shape index (κ2) is 7.43. The van der Waals surface area contributed by atoms with Gasteiger partial charge in [0.2, 0.25) is 0 Å². The van der Waals surface area contributed by atoms with Crippen LogP contribution in [0.2, 0.25) is 0 Å². The van der Waals surface area contributed by atoms with Gasteiger partial charge in [-0.1, -0.05) is 30.3 Å². The molecule has 1 aromatic carbocycles. The maximum atomic E-state index is 11.8. The fourth-order valence-electron chi connectivity index (χ4n) is 2.62. The van der Waals surface area contributed by atoms with Gasteiger partial charge in [0, 0.05) is 39.6 Å². The van der Waals surface area contributed by atoms with Gasteiger partial charge < -0.3 is 19.9 Å². The third-order valence-corrected chi connectivity index (χ3v) is 3.79. The number of rotatable bonds is 3. The van der Waals surface area contributed by atoms with E-state index in [0.717, 1.165) is 13.1 Å². The summed E-state index contributed by atoms with van der Waals surface area (Å²) in [4.78, 5) is 15.6. The van der Waals surface area contributed by atoms with Gasteiger partial charge in [0.05, 0.1) is 12.7 Å². The van der Waals surface area contributed by atoms with Crippen LogP contribution >= 0.6 is 0 Å². The predicted molar refractivity (Wildman–Crippen MR) is 83.2 cm³/mol. The Bertz CT molecular complexity index is 450. The highest BCUT2D eigenvalue weighted by Gasteiger charge is 2.28. The van der Waals surface area contributed by atoms with Crippen molar-refractivity contribution in [1.82, 2.24) is 15.1 Å². The quantitative estimate of drug-likeness (QED) is 0.919. The van der Waals surface area contributed by atoms with E-state index >= 15 is 0 Å². The van der Waals surface area contributed by atoms with Gasteiger partial charge in [0.1, 0.15) is 0 Å². The van der Waals surface area contributed by atoms with E-state index in [9.17, 15) is 4.79 Å². The zero-order valence-electron chi connectivity index (χ0n) is 13.1. The van der Waals surface area contributed by atoms with Gasteiger partial charge in [-0.05, 0) is 12.6 Å². The van der Waals surface area contributed by atoms with Crippen LogP contribution in [-0.4, -0.2) is 63.2 Å². The molecular weight excluding hydrogens is 266 g/mol. The average molecular weight is 291 g/mol. The van der Waals surface area contributed by atoms with Crippen molar-refractivity contribution in [2.45, 2.75) is 6.10 Å². The minimum Gasteiger partial charge on any atom is -0.372 e. The van der Waals surface area contributed by atoms with Crippen LogP contribution in [0.5, 0.6) is 0 Å². The maximum Gasteiger partial charge on any atom is 0.316 e. The summed E-state index contributed by atoms with van der Waals surface area (Å²) in [5.74, 6) is 0.240. The van der Waals surface area contributed by atoms with Crippen molar-refractivity contribution in [2.75, 3.05) is 47.4 Å². The van der Waals surface area contributed by atoms with Crippen LogP contribution in [0.1, 0.15) is 11.7 Å². The highest BCUT2D eigenvalue weighted by molar-refractivity contribution is 5.73. The Balaban J connectivity index is 2.09. The van der Waals surface area contributed by atoms with Crippen molar-refractivity contribution in [2.24, 2.45) is 5.92 Å². The molecule has 1 aromatic rings. The van der Waals surface area contributed by atoms with E-state index in [4.69, 9.17) is 4.74 Å². The molecule has 5 nitrogen and oxygen atoms in total. The minimum absolute atomic E-state index is 0.0265.